The van der Waals surface area contributed by atoms with E-state index in [1.165, 1.54) is 5.41 Å². The van der Waals surface area contributed by atoms with Gasteiger partial charge in [0.05, 0.1) is 0 Å². The first-order valence-electron chi connectivity index (χ1n) is 1.47. The number of hydrogen-bond acceptors (Lipinski definition) is 1. The van der Waals surface area contributed by atoms with E-state index in [1.807, 2.05) is 0 Å². The van der Waals surface area contributed by atoms with Gasteiger partial charge in [-0.1, -0.05) is 6.08 Å². The average molecular weight is 125 g/mol. The zero-order valence-electron chi connectivity index (χ0n) is 3.35. The normalized spacial score (nSPS) is 15.7. The van der Waals surface area contributed by atoms with Crippen molar-refractivity contribution in [3.8, 4) is 0 Å². The fourth-order valence-corrected chi connectivity index (χ4v) is 0.630. The molecule has 0 rings (SSSR count). The Kier molecular flexibility index (Phi) is 3.47. The van der Waals surface area contributed by atoms with Crippen molar-refractivity contribution < 1.29 is 4.21 Å². The number of rotatable bonds is 1. The van der Waals surface area contributed by atoms with Crippen molar-refractivity contribution in [2.24, 2.45) is 0 Å². The van der Waals surface area contributed by atoms with Crippen molar-refractivity contribution in [3.63, 3.8) is 0 Å². The predicted octanol–water partition coefficient (Wildman–Crippen LogP) is 1.42. The van der Waals surface area contributed by atoms with Gasteiger partial charge in [-0.3, -0.25) is 0 Å². The highest BCUT2D eigenvalue weighted by atomic mass is 35.7. The van der Waals surface area contributed by atoms with E-state index in [1.54, 1.807) is 13.0 Å². The second-order valence-corrected chi connectivity index (χ2v) is 2.40. The summed E-state index contributed by atoms with van der Waals surface area (Å²) in [5, 5.41) is 1.40. The first kappa shape index (κ1) is 6.18. The molecule has 0 bridgehead atoms. The van der Waals surface area contributed by atoms with Gasteiger partial charge in [-0.25, -0.2) is 4.21 Å². The van der Waals surface area contributed by atoms with E-state index in [4.69, 9.17) is 10.7 Å². The lowest BCUT2D eigenvalue weighted by Gasteiger charge is -1.67. The molecule has 0 fully saturated rings. The lowest BCUT2D eigenvalue weighted by molar-refractivity contribution is 0.695. The van der Waals surface area contributed by atoms with Crippen LogP contribution in [0.3, 0.4) is 0 Å². The molecule has 0 spiro atoms. The number of halogens is 1. The third-order valence-electron chi connectivity index (χ3n) is 0.243. The fourth-order valence-electron chi connectivity index (χ4n) is 0.107. The minimum atomic E-state index is -1.27. The Labute approximate surface area is 44.0 Å². The number of hydrogen-bond donors (Lipinski definition) is 0. The van der Waals surface area contributed by atoms with Crippen LogP contribution in [0.25, 0.3) is 0 Å². The Bertz CT molecular complexity index is 78.9. The molecule has 0 saturated heterocycles. The predicted molar refractivity (Wildman–Crippen MR) is 28.8 cm³/mol. The Balaban J connectivity index is 3.30. The van der Waals surface area contributed by atoms with Crippen LogP contribution in [0, 0.1) is 0 Å². The molecule has 0 heterocycles. The summed E-state index contributed by atoms with van der Waals surface area (Å²) in [5.74, 6) is 0. The largest absolute Gasteiger partial charge is 0.238 e. The molecule has 0 aliphatic rings. The minimum absolute atomic E-state index is 1.27. The summed E-state index contributed by atoms with van der Waals surface area (Å²) < 4.78 is 9.83. The monoisotopic (exact) mass is 124 g/mol. The van der Waals surface area contributed by atoms with Gasteiger partial charge >= 0.3 is 0 Å². The Morgan fingerprint density at radius 1 is 1.83 bits per heavy atom. The van der Waals surface area contributed by atoms with Gasteiger partial charge in [-0.2, -0.15) is 0 Å². The van der Waals surface area contributed by atoms with Gasteiger partial charge in [0.2, 0.25) is 0 Å². The molecule has 0 radical (unpaired) electrons. The zero-order valence-corrected chi connectivity index (χ0v) is 4.92. The second kappa shape index (κ2) is 3.37. The summed E-state index contributed by atoms with van der Waals surface area (Å²) in [6.45, 7) is 1.76. The fraction of sp³-hybridized carbons (Fsp3) is 0.333. The minimum Gasteiger partial charge on any atom is -0.238 e. The van der Waals surface area contributed by atoms with Gasteiger partial charge in [0.1, 0.15) is 10.0 Å². The van der Waals surface area contributed by atoms with Crippen LogP contribution in [0.1, 0.15) is 6.92 Å². The van der Waals surface area contributed by atoms with Crippen LogP contribution in [-0.4, -0.2) is 4.21 Å². The molecule has 0 aromatic heterocycles. The molecule has 0 aromatic rings. The van der Waals surface area contributed by atoms with E-state index in [-0.39, 0.29) is 0 Å². The van der Waals surface area contributed by atoms with Crippen molar-refractivity contribution in [1.29, 1.82) is 0 Å². The molecule has 0 aliphatic heterocycles. The van der Waals surface area contributed by atoms with Crippen molar-refractivity contribution in [1.82, 2.24) is 0 Å². The van der Waals surface area contributed by atoms with Gasteiger partial charge in [0, 0.05) is 5.41 Å². The third-order valence-corrected chi connectivity index (χ3v) is 1.04. The highest BCUT2D eigenvalue weighted by molar-refractivity contribution is 8.10. The first-order chi connectivity index (χ1) is 2.77. The van der Waals surface area contributed by atoms with E-state index < -0.39 is 10.0 Å². The third kappa shape index (κ3) is 4.18. The highest BCUT2D eigenvalue weighted by Crippen LogP contribution is 1.87. The summed E-state index contributed by atoms with van der Waals surface area (Å²) in [7, 11) is 3.69. The SMILES string of the molecule is CC=CS(=O)Cl. The van der Waals surface area contributed by atoms with Gasteiger partial charge in [-0.15, -0.1) is 0 Å². The van der Waals surface area contributed by atoms with Gasteiger partial charge in [0.15, 0.2) is 0 Å². The molecule has 1 unspecified atom stereocenters. The summed E-state index contributed by atoms with van der Waals surface area (Å²) in [4.78, 5) is 0. The maximum absolute atomic E-state index is 9.83. The summed E-state index contributed by atoms with van der Waals surface area (Å²) in [6.07, 6.45) is 1.64. The zero-order chi connectivity index (χ0) is 4.99. The molecule has 0 aromatic carbocycles. The summed E-state index contributed by atoms with van der Waals surface area (Å²) in [5.41, 5.74) is 0. The smallest absolute Gasteiger partial charge is 0.139 e. The van der Waals surface area contributed by atoms with Gasteiger partial charge < -0.3 is 0 Å². The topological polar surface area (TPSA) is 17.1 Å². The van der Waals surface area contributed by atoms with Crippen LogP contribution in [0.4, 0.5) is 0 Å². The van der Waals surface area contributed by atoms with E-state index in [2.05, 4.69) is 0 Å². The summed E-state index contributed by atoms with van der Waals surface area (Å²) >= 11 is 0. The molecule has 1 atom stereocenters. The molecule has 36 valence electrons. The maximum atomic E-state index is 9.83. The highest BCUT2D eigenvalue weighted by Gasteiger charge is 1.73. The lowest BCUT2D eigenvalue weighted by Crippen LogP contribution is -1.59. The van der Waals surface area contributed by atoms with E-state index in [9.17, 15) is 4.21 Å². The molecule has 0 N–H and O–H groups in total. The quantitative estimate of drug-likeness (QED) is 0.484. The van der Waals surface area contributed by atoms with E-state index >= 15 is 0 Å². The molecule has 0 saturated carbocycles. The van der Waals surface area contributed by atoms with Crippen LogP contribution < -0.4 is 0 Å². The second-order valence-electron chi connectivity index (χ2n) is 0.718. The first-order valence-corrected chi connectivity index (χ1v) is 3.51. The molecule has 0 aliphatic carbocycles. The average Bonchev–Trinajstić information content (AvgIpc) is 1.35. The van der Waals surface area contributed by atoms with Gasteiger partial charge in [0.25, 0.3) is 0 Å². The number of allylic oxidation sites excluding steroid dienone is 1. The maximum Gasteiger partial charge on any atom is 0.139 e. The molecule has 3 heteroatoms. The van der Waals surface area contributed by atoms with Crippen LogP contribution in [0.5, 0.6) is 0 Å². The molecular formula is C3H5ClOS. The van der Waals surface area contributed by atoms with Crippen LogP contribution >= 0.6 is 10.7 Å². The standard InChI is InChI=1S/C3H5ClOS/c1-2-3-6(4)5/h2-3H,1H3. The Morgan fingerprint density at radius 2 is 2.33 bits per heavy atom. The van der Waals surface area contributed by atoms with Crippen molar-refractivity contribution in [2.75, 3.05) is 0 Å². The van der Waals surface area contributed by atoms with Gasteiger partial charge in [-0.05, 0) is 17.6 Å². The van der Waals surface area contributed by atoms with Crippen molar-refractivity contribution >= 4 is 20.7 Å². The van der Waals surface area contributed by atoms with Crippen molar-refractivity contribution in [2.45, 2.75) is 6.92 Å². The lowest BCUT2D eigenvalue weighted by atomic mass is 10.8. The Morgan fingerprint density at radius 3 is 2.33 bits per heavy atom. The van der Waals surface area contributed by atoms with Crippen LogP contribution in [0.15, 0.2) is 11.5 Å². The Hall–Kier alpha value is 0.180. The molecule has 1 nitrogen and oxygen atoms in total. The molecule has 0 amide bonds. The van der Waals surface area contributed by atoms with Crippen molar-refractivity contribution in [3.05, 3.63) is 11.5 Å². The van der Waals surface area contributed by atoms with Crippen LogP contribution in [-0.2, 0) is 10.0 Å². The molecular weight excluding hydrogens is 120 g/mol. The van der Waals surface area contributed by atoms with E-state index in [0.717, 1.165) is 0 Å². The summed E-state index contributed by atoms with van der Waals surface area (Å²) in [6, 6.07) is 0. The van der Waals surface area contributed by atoms with Crippen LogP contribution in [0.2, 0.25) is 0 Å². The van der Waals surface area contributed by atoms with E-state index in [0.29, 0.717) is 0 Å². The molecule has 6 heavy (non-hydrogen) atoms.